The van der Waals surface area contributed by atoms with Crippen LogP contribution in [0.3, 0.4) is 0 Å². The molecule has 0 saturated carbocycles. The van der Waals surface area contributed by atoms with Crippen LogP contribution in [0, 0.1) is 0 Å². The highest BCUT2D eigenvalue weighted by Gasteiger charge is 2.20. The van der Waals surface area contributed by atoms with Gasteiger partial charge in [0.15, 0.2) is 0 Å². The van der Waals surface area contributed by atoms with E-state index in [9.17, 15) is 4.79 Å². The molecule has 3 nitrogen and oxygen atoms in total. The lowest BCUT2D eigenvalue weighted by molar-refractivity contribution is -0.136. The zero-order chi connectivity index (χ0) is 17.9. The van der Waals surface area contributed by atoms with Gasteiger partial charge in [0.05, 0.1) is 19.3 Å². The van der Waals surface area contributed by atoms with Gasteiger partial charge in [0, 0.05) is 10.4 Å². The van der Waals surface area contributed by atoms with E-state index in [0.29, 0.717) is 12.2 Å². The van der Waals surface area contributed by atoms with E-state index in [-0.39, 0.29) is 11.4 Å². The average molecular weight is 344 g/mol. The second-order valence-electron chi connectivity index (χ2n) is 6.56. The molecule has 2 rings (SSSR count). The van der Waals surface area contributed by atoms with Crippen LogP contribution in [0.25, 0.3) is 16.0 Å². The van der Waals surface area contributed by atoms with Crippen molar-refractivity contribution in [2.24, 2.45) is 0 Å². The molecule has 0 aliphatic carbocycles. The molecule has 1 heterocycles. The van der Waals surface area contributed by atoms with Crippen LogP contribution >= 0.6 is 11.3 Å². The minimum atomic E-state index is -0.369. The molecule has 0 unspecified atom stereocenters. The van der Waals surface area contributed by atoms with Crippen LogP contribution in [0.2, 0.25) is 0 Å². The molecule has 0 fully saturated rings. The summed E-state index contributed by atoms with van der Waals surface area (Å²) in [5, 5.41) is 1.94. The summed E-state index contributed by atoms with van der Waals surface area (Å²) < 4.78 is 10.5. The maximum absolute atomic E-state index is 11.8. The summed E-state index contributed by atoms with van der Waals surface area (Å²) in [4.78, 5) is 12.9. The summed E-state index contributed by atoms with van der Waals surface area (Å²) >= 11 is 1.59. The van der Waals surface area contributed by atoms with E-state index < -0.39 is 0 Å². The van der Waals surface area contributed by atoms with Gasteiger partial charge >= 0.3 is 5.97 Å². The Morgan fingerprint density at radius 2 is 1.96 bits per heavy atom. The Morgan fingerprint density at radius 3 is 2.54 bits per heavy atom. The number of methoxy groups -OCH3 is 1. The lowest BCUT2D eigenvalue weighted by atomic mass is 9.85. The lowest BCUT2D eigenvalue weighted by Crippen LogP contribution is -2.12. The van der Waals surface area contributed by atoms with Crippen LogP contribution < -0.4 is 4.74 Å². The van der Waals surface area contributed by atoms with E-state index in [2.05, 4.69) is 33.4 Å². The molecule has 0 N–H and O–H groups in total. The molecular formula is C20H24O3S. The van der Waals surface area contributed by atoms with Gasteiger partial charge in [-0.3, -0.25) is 0 Å². The number of hydrogen-bond donors (Lipinski definition) is 0. The summed E-state index contributed by atoms with van der Waals surface area (Å²) in [5.74, 6) is 0.519. The normalized spacial score (nSPS) is 11.2. The van der Waals surface area contributed by atoms with E-state index in [1.165, 1.54) is 0 Å². The summed E-state index contributed by atoms with van der Waals surface area (Å²) in [6.45, 7) is 12.5. The molecule has 24 heavy (non-hydrogen) atoms. The van der Waals surface area contributed by atoms with Gasteiger partial charge < -0.3 is 9.47 Å². The fourth-order valence-corrected chi connectivity index (χ4v) is 3.35. The molecule has 0 amide bonds. The Hall–Kier alpha value is -2.07. The van der Waals surface area contributed by atoms with Gasteiger partial charge in [-0.2, -0.15) is 0 Å². The Morgan fingerprint density at radius 1 is 1.25 bits per heavy atom. The highest BCUT2D eigenvalue weighted by atomic mass is 32.1. The molecule has 1 aromatic heterocycles. The maximum Gasteiger partial charge on any atom is 0.338 e. The zero-order valence-electron chi connectivity index (χ0n) is 14.9. The third-order valence-electron chi connectivity index (χ3n) is 3.76. The Bertz CT molecular complexity index is 750. The van der Waals surface area contributed by atoms with Crippen molar-refractivity contribution in [2.75, 3.05) is 13.7 Å². The highest BCUT2D eigenvalue weighted by molar-refractivity contribution is 7.13. The first-order valence-electron chi connectivity index (χ1n) is 7.91. The third-order valence-corrected chi connectivity index (χ3v) is 4.74. The average Bonchev–Trinajstić information content (AvgIpc) is 3.02. The summed E-state index contributed by atoms with van der Waals surface area (Å²) in [6, 6.07) is 8.17. The molecule has 0 aliphatic rings. The number of rotatable bonds is 5. The molecular weight excluding hydrogens is 320 g/mol. The zero-order valence-corrected chi connectivity index (χ0v) is 15.8. The van der Waals surface area contributed by atoms with Gasteiger partial charge in [0.25, 0.3) is 0 Å². The van der Waals surface area contributed by atoms with Crippen molar-refractivity contribution >= 4 is 22.9 Å². The number of hydrogen-bond acceptors (Lipinski definition) is 4. The van der Waals surface area contributed by atoms with E-state index in [1.807, 2.05) is 23.6 Å². The van der Waals surface area contributed by atoms with Gasteiger partial charge in [-0.05, 0) is 53.1 Å². The van der Waals surface area contributed by atoms with Crippen LogP contribution in [-0.2, 0) is 14.9 Å². The fraction of sp³-hybridized carbons (Fsp3) is 0.350. The number of thiophene rings is 1. The highest BCUT2D eigenvalue weighted by Crippen LogP contribution is 2.37. The van der Waals surface area contributed by atoms with Crippen molar-refractivity contribution in [3.8, 4) is 16.2 Å². The second kappa shape index (κ2) is 7.22. The summed E-state index contributed by atoms with van der Waals surface area (Å²) in [7, 11) is 1.69. The van der Waals surface area contributed by atoms with Crippen molar-refractivity contribution in [3.05, 3.63) is 47.4 Å². The number of ether oxygens (including phenoxy) is 2. The SMILES string of the molecule is C=C(C(=O)OCC)c1csc(-c2ccc(OC)c(C(C)(C)C)c2)c1. The van der Waals surface area contributed by atoms with Gasteiger partial charge in [0.1, 0.15) is 5.75 Å². The molecule has 0 aliphatic heterocycles. The van der Waals surface area contributed by atoms with Crippen molar-refractivity contribution in [2.45, 2.75) is 33.1 Å². The van der Waals surface area contributed by atoms with Crippen molar-refractivity contribution in [1.29, 1.82) is 0 Å². The standard InChI is InChI=1S/C20H24O3S/c1-7-23-19(21)13(2)15-11-18(24-12-15)14-8-9-17(22-6)16(10-14)20(3,4)5/h8-12H,2,7H2,1,3-6H3. The first kappa shape index (κ1) is 18.3. The van der Waals surface area contributed by atoms with Crippen molar-refractivity contribution in [3.63, 3.8) is 0 Å². The van der Waals surface area contributed by atoms with E-state index >= 15 is 0 Å². The summed E-state index contributed by atoms with van der Waals surface area (Å²) in [5.41, 5.74) is 3.44. The Labute approximate surface area is 147 Å². The minimum absolute atomic E-state index is 0.0179. The first-order valence-corrected chi connectivity index (χ1v) is 8.79. The summed E-state index contributed by atoms with van der Waals surface area (Å²) in [6.07, 6.45) is 0. The molecule has 0 radical (unpaired) electrons. The van der Waals surface area contributed by atoms with E-state index in [0.717, 1.165) is 27.3 Å². The Balaban J connectivity index is 2.37. The molecule has 0 bridgehead atoms. The number of carbonyl (C=O) groups excluding carboxylic acids is 1. The first-order chi connectivity index (χ1) is 11.3. The van der Waals surface area contributed by atoms with Crippen LogP contribution in [0.4, 0.5) is 0 Å². The Kier molecular flexibility index (Phi) is 5.50. The largest absolute Gasteiger partial charge is 0.496 e. The number of benzene rings is 1. The van der Waals surface area contributed by atoms with Gasteiger partial charge in [-0.15, -0.1) is 11.3 Å². The van der Waals surface area contributed by atoms with Crippen molar-refractivity contribution < 1.29 is 14.3 Å². The predicted molar refractivity (Wildman–Crippen MR) is 101 cm³/mol. The van der Waals surface area contributed by atoms with E-state index in [1.54, 1.807) is 25.4 Å². The van der Waals surface area contributed by atoms with Crippen LogP contribution in [-0.4, -0.2) is 19.7 Å². The lowest BCUT2D eigenvalue weighted by Gasteiger charge is -2.22. The molecule has 0 saturated heterocycles. The maximum atomic E-state index is 11.8. The van der Waals surface area contributed by atoms with Crippen LogP contribution in [0.1, 0.15) is 38.8 Å². The van der Waals surface area contributed by atoms with Gasteiger partial charge in [0.2, 0.25) is 0 Å². The van der Waals surface area contributed by atoms with Crippen molar-refractivity contribution in [1.82, 2.24) is 0 Å². The topological polar surface area (TPSA) is 35.5 Å². The van der Waals surface area contributed by atoms with Crippen LogP contribution in [0.15, 0.2) is 36.2 Å². The predicted octanol–water partition coefficient (Wildman–Crippen LogP) is 5.30. The molecule has 2 aromatic rings. The quantitative estimate of drug-likeness (QED) is 0.545. The van der Waals surface area contributed by atoms with Crippen LogP contribution in [0.5, 0.6) is 5.75 Å². The molecule has 0 atom stereocenters. The van der Waals surface area contributed by atoms with E-state index in [4.69, 9.17) is 9.47 Å². The second-order valence-corrected chi connectivity index (χ2v) is 7.47. The molecule has 1 aromatic carbocycles. The molecule has 4 heteroatoms. The third kappa shape index (κ3) is 3.88. The molecule has 0 spiro atoms. The molecule has 128 valence electrons. The number of esters is 1. The fourth-order valence-electron chi connectivity index (χ4n) is 2.43. The van der Waals surface area contributed by atoms with Gasteiger partial charge in [-0.25, -0.2) is 4.79 Å². The minimum Gasteiger partial charge on any atom is -0.496 e. The number of carbonyl (C=O) groups is 1. The van der Waals surface area contributed by atoms with Gasteiger partial charge in [-0.1, -0.05) is 27.4 Å². The monoisotopic (exact) mass is 344 g/mol. The smallest absolute Gasteiger partial charge is 0.338 e.